The number of likely N-dealkylation sites (tertiary alicyclic amines) is 1. The molecule has 86 valence electrons. The molecule has 0 aromatic rings. The van der Waals surface area contributed by atoms with Crippen LogP contribution in [0.5, 0.6) is 0 Å². The van der Waals surface area contributed by atoms with E-state index in [2.05, 4.69) is 0 Å². The van der Waals surface area contributed by atoms with E-state index in [-0.39, 0.29) is 25.9 Å². The summed E-state index contributed by atoms with van der Waals surface area (Å²) in [7, 11) is 0. The number of alkyl halides is 2. The van der Waals surface area contributed by atoms with Gasteiger partial charge in [0.05, 0.1) is 5.41 Å². The number of hydrogen-bond acceptors (Lipinski definition) is 2. The summed E-state index contributed by atoms with van der Waals surface area (Å²) in [5.74, 6) is -2.14. The Hall–Kier alpha value is -1.20. The van der Waals surface area contributed by atoms with E-state index in [0.29, 0.717) is 0 Å². The molecule has 6 heteroatoms. The van der Waals surface area contributed by atoms with Crippen molar-refractivity contribution in [3.8, 4) is 0 Å². The third kappa shape index (κ3) is 2.43. The molecule has 0 aromatic carbocycles. The number of rotatable bonds is 2. The van der Waals surface area contributed by atoms with E-state index in [4.69, 9.17) is 5.11 Å². The molecule has 1 amide bonds. The molecule has 15 heavy (non-hydrogen) atoms. The van der Waals surface area contributed by atoms with Crippen LogP contribution in [0.2, 0.25) is 0 Å². The monoisotopic (exact) mass is 221 g/mol. The Morgan fingerprint density at radius 1 is 1.33 bits per heavy atom. The Balaban J connectivity index is 2.56. The number of carboxylic acids is 1. The first kappa shape index (κ1) is 11.9. The fourth-order valence-electron chi connectivity index (χ4n) is 1.57. The predicted octanol–water partition coefficient (Wildman–Crippen LogP) is 0.965. The number of nitrogens with zero attached hydrogens (tertiary/aromatic N) is 1. The molecule has 1 aliphatic rings. The van der Waals surface area contributed by atoms with Gasteiger partial charge >= 0.3 is 12.4 Å². The largest absolute Gasteiger partial charge is 0.481 e. The normalized spacial score (nSPS) is 20.4. The van der Waals surface area contributed by atoms with Crippen LogP contribution in [-0.2, 0) is 9.59 Å². The molecular weight excluding hydrogens is 208 g/mol. The minimum atomic E-state index is -3.00. The Kier molecular flexibility index (Phi) is 3.26. The molecule has 0 saturated carbocycles. The maximum absolute atomic E-state index is 12.1. The molecule has 1 N–H and O–H groups in total. The number of halogens is 2. The summed E-state index contributed by atoms with van der Waals surface area (Å²) in [6.45, 7) is 1.75. The SMILES string of the molecule is CC1(C(=O)O)CCN(C(=O)C(F)F)CC1. The van der Waals surface area contributed by atoms with Gasteiger partial charge in [-0.15, -0.1) is 0 Å². The molecular formula is C9H13F2NO3. The average Bonchev–Trinajstić information content (AvgIpc) is 2.17. The molecule has 0 unspecified atom stereocenters. The highest BCUT2D eigenvalue weighted by Crippen LogP contribution is 2.31. The van der Waals surface area contributed by atoms with E-state index in [1.54, 1.807) is 6.92 Å². The van der Waals surface area contributed by atoms with Crippen LogP contribution in [0.3, 0.4) is 0 Å². The van der Waals surface area contributed by atoms with Gasteiger partial charge in [0.15, 0.2) is 0 Å². The highest BCUT2D eigenvalue weighted by Gasteiger charge is 2.39. The maximum Gasteiger partial charge on any atom is 0.315 e. The number of carboxylic acid groups (broad SMARTS) is 1. The molecule has 0 aromatic heterocycles. The van der Waals surface area contributed by atoms with Crippen LogP contribution in [0.1, 0.15) is 19.8 Å². The smallest absolute Gasteiger partial charge is 0.315 e. The van der Waals surface area contributed by atoms with Crippen molar-refractivity contribution >= 4 is 11.9 Å². The van der Waals surface area contributed by atoms with Crippen molar-refractivity contribution in [3.05, 3.63) is 0 Å². The average molecular weight is 221 g/mol. The zero-order valence-electron chi connectivity index (χ0n) is 8.37. The van der Waals surface area contributed by atoms with Gasteiger partial charge in [0.1, 0.15) is 0 Å². The third-order valence-electron chi connectivity index (χ3n) is 2.88. The zero-order chi connectivity index (χ0) is 11.6. The van der Waals surface area contributed by atoms with Gasteiger partial charge in [0, 0.05) is 13.1 Å². The Labute approximate surface area is 85.9 Å². The molecule has 1 heterocycles. The second-order valence-electron chi connectivity index (χ2n) is 3.99. The maximum atomic E-state index is 12.1. The lowest BCUT2D eigenvalue weighted by molar-refractivity contribution is -0.155. The van der Waals surface area contributed by atoms with Crippen LogP contribution in [0.4, 0.5) is 8.78 Å². The molecule has 0 radical (unpaired) electrons. The van der Waals surface area contributed by atoms with Crippen LogP contribution in [0.15, 0.2) is 0 Å². The highest BCUT2D eigenvalue weighted by atomic mass is 19.3. The molecule has 0 spiro atoms. The van der Waals surface area contributed by atoms with Gasteiger partial charge in [-0.05, 0) is 19.8 Å². The Morgan fingerprint density at radius 2 is 1.80 bits per heavy atom. The standard InChI is InChI=1S/C9H13F2NO3/c1-9(8(14)15)2-4-12(5-3-9)7(13)6(10)11/h6H,2-5H2,1H3,(H,14,15). The first-order valence-corrected chi connectivity index (χ1v) is 4.67. The van der Waals surface area contributed by atoms with Crippen molar-refractivity contribution in [3.63, 3.8) is 0 Å². The Morgan fingerprint density at radius 3 is 2.13 bits per heavy atom. The fraction of sp³-hybridized carbons (Fsp3) is 0.778. The predicted molar refractivity (Wildman–Crippen MR) is 47.6 cm³/mol. The first-order valence-electron chi connectivity index (χ1n) is 4.67. The van der Waals surface area contributed by atoms with E-state index in [1.165, 1.54) is 0 Å². The minimum absolute atomic E-state index is 0.0893. The lowest BCUT2D eigenvalue weighted by Gasteiger charge is -2.36. The number of amides is 1. The molecule has 1 rings (SSSR count). The second kappa shape index (κ2) is 4.12. The lowest BCUT2D eigenvalue weighted by Crippen LogP contribution is -2.46. The van der Waals surface area contributed by atoms with Crippen LogP contribution in [-0.4, -0.2) is 41.4 Å². The first-order chi connectivity index (χ1) is 6.87. The van der Waals surface area contributed by atoms with E-state index < -0.39 is 23.7 Å². The molecule has 0 bridgehead atoms. The summed E-state index contributed by atoms with van der Waals surface area (Å²) in [4.78, 5) is 22.8. The molecule has 0 aliphatic carbocycles. The molecule has 0 atom stereocenters. The number of carbonyl (C=O) groups excluding carboxylic acids is 1. The zero-order valence-corrected chi connectivity index (χ0v) is 8.37. The van der Waals surface area contributed by atoms with Crippen molar-refractivity contribution in [2.24, 2.45) is 5.41 Å². The summed E-state index contributed by atoms with van der Waals surface area (Å²) in [5.41, 5.74) is -0.890. The van der Waals surface area contributed by atoms with Crippen LogP contribution in [0, 0.1) is 5.41 Å². The van der Waals surface area contributed by atoms with Gasteiger partial charge in [-0.25, -0.2) is 0 Å². The third-order valence-corrected chi connectivity index (χ3v) is 2.88. The van der Waals surface area contributed by atoms with Crippen LogP contribution < -0.4 is 0 Å². The number of piperidine rings is 1. The van der Waals surface area contributed by atoms with E-state index in [1.807, 2.05) is 0 Å². The van der Waals surface area contributed by atoms with Gasteiger partial charge in [-0.1, -0.05) is 0 Å². The molecule has 4 nitrogen and oxygen atoms in total. The molecule has 1 fully saturated rings. The Bertz CT molecular complexity index is 273. The quantitative estimate of drug-likeness (QED) is 0.755. The van der Waals surface area contributed by atoms with Gasteiger partial charge in [0.2, 0.25) is 0 Å². The molecule has 1 aliphatic heterocycles. The summed E-state index contributed by atoms with van der Waals surface area (Å²) in [5, 5.41) is 8.88. The topological polar surface area (TPSA) is 57.6 Å². The van der Waals surface area contributed by atoms with E-state index in [0.717, 1.165) is 4.90 Å². The highest BCUT2D eigenvalue weighted by molar-refractivity contribution is 5.80. The van der Waals surface area contributed by atoms with Crippen LogP contribution in [0.25, 0.3) is 0 Å². The minimum Gasteiger partial charge on any atom is -0.481 e. The number of carbonyl (C=O) groups is 2. The summed E-state index contributed by atoms with van der Waals surface area (Å²) < 4.78 is 24.1. The van der Waals surface area contributed by atoms with Crippen molar-refractivity contribution in [2.45, 2.75) is 26.2 Å². The summed E-state index contributed by atoms with van der Waals surface area (Å²) in [6, 6.07) is 0. The lowest BCUT2D eigenvalue weighted by atomic mass is 9.80. The van der Waals surface area contributed by atoms with Crippen molar-refractivity contribution in [1.82, 2.24) is 4.90 Å². The fourth-order valence-corrected chi connectivity index (χ4v) is 1.57. The second-order valence-corrected chi connectivity index (χ2v) is 3.99. The van der Waals surface area contributed by atoms with Crippen molar-refractivity contribution in [2.75, 3.05) is 13.1 Å². The van der Waals surface area contributed by atoms with Crippen molar-refractivity contribution < 1.29 is 23.5 Å². The van der Waals surface area contributed by atoms with Gasteiger partial charge in [0.25, 0.3) is 5.91 Å². The van der Waals surface area contributed by atoms with Gasteiger partial charge in [-0.2, -0.15) is 8.78 Å². The number of aliphatic carboxylic acids is 1. The number of hydrogen-bond donors (Lipinski definition) is 1. The van der Waals surface area contributed by atoms with Crippen molar-refractivity contribution in [1.29, 1.82) is 0 Å². The summed E-state index contributed by atoms with van der Waals surface area (Å²) >= 11 is 0. The van der Waals surface area contributed by atoms with Gasteiger partial charge < -0.3 is 10.0 Å². The van der Waals surface area contributed by atoms with Crippen LogP contribution >= 0.6 is 0 Å². The summed E-state index contributed by atoms with van der Waals surface area (Å²) in [6.07, 6.45) is -2.55. The molecule has 1 saturated heterocycles. The van der Waals surface area contributed by atoms with E-state index >= 15 is 0 Å². The van der Waals surface area contributed by atoms with E-state index in [9.17, 15) is 18.4 Å². The van der Waals surface area contributed by atoms with Gasteiger partial charge in [-0.3, -0.25) is 9.59 Å².